The average molecular weight is 361 g/mol. The molecule has 0 unspecified atom stereocenters. The summed E-state index contributed by atoms with van der Waals surface area (Å²) in [6.07, 6.45) is 6.30. The minimum absolute atomic E-state index is 0. The van der Waals surface area contributed by atoms with Crippen LogP contribution in [0.1, 0.15) is 32.7 Å². The molecule has 0 saturated carbocycles. The molecule has 2 rings (SSSR count). The maximum atomic E-state index is 4.49. The number of benzene rings is 1. The standard InChI is InChI=1S/C13H10NS.2C2H6.Y/c1-3-4-7-10(2)13-14-11-8-5-6-9-12(11)15-13;2*1-2;/h4-9H,1-2H2;2*1-2H3;/q-1;;;/b7-4-;;;. The minimum Gasteiger partial charge on any atom is -0.258 e. The third-order valence-electron chi connectivity index (χ3n) is 1.97. The van der Waals surface area contributed by atoms with E-state index in [2.05, 4.69) is 30.3 Å². The monoisotopic (exact) mass is 361 g/mol. The van der Waals surface area contributed by atoms with Gasteiger partial charge in [-0.3, -0.25) is 6.08 Å². The third-order valence-corrected chi connectivity index (χ3v) is 3.08. The molecule has 1 aromatic carbocycles. The zero-order valence-corrected chi connectivity index (χ0v) is 16.5. The Kier molecular flexibility index (Phi) is 14.6. The van der Waals surface area contributed by atoms with Gasteiger partial charge in [-0.1, -0.05) is 45.4 Å². The Morgan fingerprint density at radius 3 is 2.35 bits per heavy atom. The molecule has 0 spiro atoms. The van der Waals surface area contributed by atoms with Crippen molar-refractivity contribution in [3.63, 3.8) is 0 Å². The Bertz CT molecular complexity index is 508. The molecule has 105 valence electrons. The Balaban J connectivity index is 0. The summed E-state index contributed by atoms with van der Waals surface area (Å²) in [7, 11) is 0. The van der Waals surface area contributed by atoms with E-state index >= 15 is 0 Å². The van der Waals surface area contributed by atoms with E-state index in [0.29, 0.717) is 0 Å². The molecule has 0 aliphatic rings. The predicted octanol–water partition coefficient (Wildman–Crippen LogP) is 5.90. The van der Waals surface area contributed by atoms with E-state index < -0.39 is 0 Å². The van der Waals surface area contributed by atoms with Gasteiger partial charge in [0.2, 0.25) is 0 Å². The molecular formula is C17H22NSY-. The van der Waals surface area contributed by atoms with Crippen molar-refractivity contribution in [2.45, 2.75) is 27.7 Å². The molecule has 1 radical (unpaired) electrons. The second-order valence-electron chi connectivity index (χ2n) is 3.05. The Labute approximate surface area is 152 Å². The van der Waals surface area contributed by atoms with Crippen LogP contribution < -0.4 is 0 Å². The van der Waals surface area contributed by atoms with Crippen molar-refractivity contribution >= 4 is 27.1 Å². The smallest absolute Gasteiger partial charge is 0.106 e. The van der Waals surface area contributed by atoms with Gasteiger partial charge in [-0.2, -0.15) is 6.58 Å². The van der Waals surface area contributed by atoms with Crippen LogP contribution in [0, 0.1) is 6.08 Å². The van der Waals surface area contributed by atoms with Gasteiger partial charge in [0.15, 0.2) is 0 Å². The van der Waals surface area contributed by atoms with Crippen LogP contribution in [-0.2, 0) is 32.7 Å². The van der Waals surface area contributed by atoms with Gasteiger partial charge in [0, 0.05) is 32.7 Å². The van der Waals surface area contributed by atoms with Crippen molar-refractivity contribution in [3.8, 4) is 0 Å². The van der Waals surface area contributed by atoms with Gasteiger partial charge < -0.3 is 0 Å². The van der Waals surface area contributed by atoms with Crippen LogP contribution in [0.5, 0.6) is 0 Å². The summed E-state index contributed by atoms with van der Waals surface area (Å²) < 4.78 is 1.18. The second-order valence-corrected chi connectivity index (χ2v) is 4.08. The van der Waals surface area contributed by atoms with Gasteiger partial charge in [-0.05, 0) is 12.1 Å². The van der Waals surface area contributed by atoms with E-state index in [1.54, 1.807) is 17.4 Å². The molecule has 0 fully saturated rings. The molecule has 0 aliphatic carbocycles. The number of para-hydroxylation sites is 1. The van der Waals surface area contributed by atoms with Gasteiger partial charge in [-0.25, -0.2) is 17.1 Å². The molecule has 3 heteroatoms. The number of hydrogen-bond donors (Lipinski definition) is 0. The van der Waals surface area contributed by atoms with Crippen molar-refractivity contribution in [3.05, 3.63) is 60.7 Å². The summed E-state index contributed by atoms with van der Waals surface area (Å²) in [5.41, 5.74) is 1.92. The number of hydrogen-bond acceptors (Lipinski definition) is 2. The summed E-state index contributed by atoms with van der Waals surface area (Å²) in [6, 6.07) is 8.07. The van der Waals surface area contributed by atoms with Crippen molar-refractivity contribution < 1.29 is 32.7 Å². The molecule has 0 amide bonds. The van der Waals surface area contributed by atoms with E-state index in [-0.39, 0.29) is 32.7 Å². The van der Waals surface area contributed by atoms with Gasteiger partial charge in [0.1, 0.15) is 5.01 Å². The number of aromatic nitrogens is 1. The fourth-order valence-corrected chi connectivity index (χ4v) is 2.16. The van der Waals surface area contributed by atoms with E-state index in [1.165, 1.54) is 4.70 Å². The van der Waals surface area contributed by atoms with Crippen molar-refractivity contribution in [2.24, 2.45) is 0 Å². The first-order valence-corrected chi connectivity index (χ1v) is 7.37. The van der Waals surface area contributed by atoms with Gasteiger partial charge >= 0.3 is 0 Å². The first-order chi connectivity index (χ1) is 9.31. The van der Waals surface area contributed by atoms with Crippen LogP contribution in [0.25, 0.3) is 15.8 Å². The Hall–Kier alpha value is -0.566. The summed E-state index contributed by atoms with van der Waals surface area (Å²) in [5.74, 6) is 0. The molecule has 0 bridgehead atoms. The zero-order valence-electron chi connectivity index (χ0n) is 12.8. The largest absolute Gasteiger partial charge is 0.258 e. The van der Waals surface area contributed by atoms with Gasteiger partial charge in [0.25, 0.3) is 0 Å². The Morgan fingerprint density at radius 1 is 1.20 bits per heavy atom. The van der Waals surface area contributed by atoms with E-state index in [9.17, 15) is 0 Å². The van der Waals surface area contributed by atoms with Gasteiger partial charge in [-0.15, -0.1) is 17.9 Å². The molecule has 0 saturated heterocycles. The first-order valence-electron chi connectivity index (χ1n) is 6.55. The molecule has 0 atom stereocenters. The zero-order chi connectivity index (χ0) is 14.7. The second kappa shape index (κ2) is 13.4. The third kappa shape index (κ3) is 6.74. The quantitative estimate of drug-likeness (QED) is 0.490. The molecule has 2 aromatic rings. The Morgan fingerprint density at radius 2 is 1.80 bits per heavy atom. The van der Waals surface area contributed by atoms with E-state index in [4.69, 9.17) is 0 Å². The summed E-state index contributed by atoms with van der Waals surface area (Å²) in [6.45, 7) is 15.5. The predicted molar refractivity (Wildman–Crippen MR) is 89.4 cm³/mol. The maximum Gasteiger partial charge on any atom is 0.106 e. The topological polar surface area (TPSA) is 12.9 Å². The summed E-state index contributed by atoms with van der Waals surface area (Å²) >= 11 is 1.65. The minimum atomic E-state index is 0. The van der Waals surface area contributed by atoms with Crippen LogP contribution >= 0.6 is 11.3 Å². The molecule has 1 nitrogen and oxygen atoms in total. The summed E-state index contributed by atoms with van der Waals surface area (Å²) in [4.78, 5) is 4.49. The van der Waals surface area contributed by atoms with E-state index in [1.807, 2.05) is 52.0 Å². The SMILES string of the molecule is C=[C-]/C=C\C(=C)c1nc2ccccc2s1.CC.CC.[Y]. The molecular weight excluding hydrogens is 339 g/mol. The van der Waals surface area contributed by atoms with Crippen LogP contribution in [0.15, 0.2) is 49.6 Å². The fourth-order valence-electron chi connectivity index (χ4n) is 1.24. The van der Waals surface area contributed by atoms with Crippen LogP contribution in [0.2, 0.25) is 0 Å². The number of fused-ring (bicyclic) bond motifs is 1. The van der Waals surface area contributed by atoms with Crippen LogP contribution in [-0.4, -0.2) is 4.98 Å². The normalized spacial score (nSPS) is 8.80. The van der Waals surface area contributed by atoms with Crippen molar-refractivity contribution in [2.75, 3.05) is 0 Å². The van der Waals surface area contributed by atoms with Crippen molar-refractivity contribution in [1.82, 2.24) is 4.98 Å². The number of rotatable bonds is 3. The number of allylic oxidation sites excluding steroid dienone is 4. The average Bonchev–Trinajstić information content (AvgIpc) is 2.93. The fraction of sp³-hybridized carbons (Fsp3) is 0.235. The molecule has 1 aromatic heterocycles. The number of nitrogens with zero attached hydrogens (tertiary/aromatic N) is 1. The molecule has 0 N–H and O–H groups in total. The molecule has 0 aliphatic heterocycles. The first kappa shape index (κ1) is 21.7. The number of thiazole rings is 1. The van der Waals surface area contributed by atoms with Gasteiger partial charge in [0.05, 0.1) is 10.2 Å². The van der Waals surface area contributed by atoms with Crippen LogP contribution in [0.4, 0.5) is 0 Å². The van der Waals surface area contributed by atoms with Crippen molar-refractivity contribution in [1.29, 1.82) is 0 Å². The van der Waals surface area contributed by atoms with E-state index in [0.717, 1.165) is 16.1 Å². The maximum absolute atomic E-state index is 4.49. The molecule has 20 heavy (non-hydrogen) atoms. The molecule has 1 heterocycles. The van der Waals surface area contributed by atoms with Crippen LogP contribution in [0.3, 0.4) is 0 Å². The summed E-state index contributed by atoms with van der Waals surface area (Å²) in [5, 5.41) is 0.947.